The van der Waals surface area contributed by atoms with E-state index in [2.05, 4.69) is 0 Å². The first-order valence-corrected chi connectivity index (χ1v) is 12.3. The highest BCUT2D eigenvalue weighted by Gasteiger charge is 2.72. The first-order chi connectivity index (χ1) is 17.6. The molecule has 1 aromatic carbocycles. The van der Waals surface area contributed by atoms with Gasteiger partial charge in [-0.25, -0.2) is 0 Å². The lowest BCUT2D eigenvalue weighted by atomic mass is 9.46. The first-order valence-electron chi connectivity index (χ1n) is 12.3. The van der Waals surface area contributed by atoms with E-state index in [0.717, 1.165) is 0 Å². The average Bonchev–Trinajstić information content (AvgIpc) is 2.80. The van der Waals surface area contributed by atoms with Crippen LogP contribution in [0, 0.1) is 10.8 Å². The zero-order valence-electron chi connectivity index (χ0n) is 22.0. The van der Waals surface area contributed by atoms with Gasteiger partial charge >= 0.3 is 0 Å². The Morgan fingerprint density at radius 3 is 2.34 bits per heavy atom. The number of aliphatic hydroxyl groups excluding tert-OH is 2. The van der Waals surface area contributed by atoms with Gasteiger partial charge < -0.3 is 26.2 Å². The van der Waals surface area contributed by atoms with Crippen LogP contribution >= 0.6 is 0 Å². The van der Waals surface area contributed by atoms with E-state index >= 15 is 0 Å². The molecular formula is C28H32N2O8. The molecule has 0 spiro atoms. The van der Waals surface area contributed by atoms with Crippen LogP contribution in [0.5, 0.6) is 5.75 Å². The zero-order chi connectivity index (χ0) is 28.5. The lowest BCUT2D eigenvalue weighted by molar-refractivity contribution is -0.176. The minimum absolute atomic E-state index is 0.0289. The van der Waals surface area contributed by atoms with E-state index in [9.17, 15) is 39.6 Å². The molecule has 0 aliphatic heterocycles. The molecule has 38 heavy (non-hydrogen) atoms. The Morgan fingerprint density at radius 2 is 1.79 bits per heavy atom. The molecule has 0 saturated heterocycles. The summed E-state index contributed by atoms with van der Waals surface area (Å²) in [5, 5.41) is 45.1. The van der Waals surface area contributed by atoms with Crippen LogP contribution in [0.2, 0.25) is 0 Å². The van der Waals surface area contributed by atoms with Crippen LogP contribution in [0.1, 0.15) is 50.3 Å². The first kappa shape index (κ1) is 27.3. The molecule has 1 saturated carbocycles. The monoisotopic (exact) mass is 524 g/mol. The second-order valence-corrected chi connectivity index (χ2v) is 11.1. The van der Waals surface area contributed by atoms with Crippen LogP contribution in [-0.4, -0.2) is 74.3 Å². The number of benzene rings is 1. The topological polar surface area (TPSA) is 178 Å². The van der Waals surface area contributed by atoms with Crippen molar-refractivity contribution in [3.05, 3.63) is 51.8 Å². The molecule has 202 valence electrons. The number of Topliss-reactive ketones (excluding diaryl/α,β-unsaturated/α-hetero) is 2. The number of ketones is 3. The van der Waals surface area contributed by atoms with Crippen molar-refractivity contribution in [1.29, 1.82) is 0 Å². The molecule has 10 nitrogen and oxygen atoms in total. The second kappa shape index (κ2) is 8.64. The lowest BCUT2D eigenvalue weighted by Crippen LogP contribution is -2.72. The summed E-state index contributed by atoms with van der Waals surface area (Å²) in [7, 11) is 3.10. The van der Waals surface area contributed by atoms with Crippen LogP contribution in [0.3, 0.4) is 0 Å². The highest BCUT2D eigenvalue weighted by atomic mass is 16.3. The van der Waals surface area contributed by atoms with Gasteiger partial charge in [-0.05, 0) is 50.2 Å². The van der Waals surface area contributed by atoms with Crippen molar-refractivity contribution in [2.75, 3.05) is 14.1 Å². The fourth-order valence-corrected chi connectivity index (χ4v) is 6.80. The summed E-state index contributed by atoms with van der Waals surface area (Å²) >= 11 is 0. The van der Waals surface area contributed by atoms with Gasteiger partial charge in [0.25, 0.3) is 5.91 Å². The fraction of sp³-hybridized carbons (Fsp3) is 0.429. The smallest absolute Gasteiger partial charge is 0.255 e. The molecule has 6 N–H and O–H groups in total. The maximum absolute atomic E-state index is 14.2. The van der Waals surface area contributed by atoms with Crippen LogP contribution in [0.15, 0.2) is 35.1 Å². The van der Waals surface area contributed by atoms with Gasteiger partial charge in [0.05, 0.1) is 11.6 Å². The summed E-state index contributed by atoms with van der Waals surface area (Å²) in [6.07, 6.45) is 3.30. The van der Waals surface area contributed by atoms with Gasteiger partial charge in [-0.2, -0.15) is 0 Å². The predicted octanol–water partition coefficient (Wildman–Crippen LogP) is 1.74. The Bertz CT molecular complexity index is 1400. The van der Waals surface area contributed by atoms with E-state index < -0.39 is 57.0 Å². The molecule has 0 unspecified atom stereocenters. The number of rotatable bonds is 5. The molecule has 0 aromatic heterocycles. The minimum atomic E-state index is -2.76. The molecule has 10 heteroatoms. The Morgan fingerprint density at radius 1 is 1.16 bits per heavy atom. The SMILES string of the molecule is CCC(=O)/C=C/c1ccc(O)c2c1C[C@@]1(C)C[C@@]3(C)[C@H](N(C)C)C(=O)C(C(N)=O)=C(O)[C@@]3(O)C(=O)C1=C2O. The molecule has 1 aromatic rings. The van der Waals surface area contributed by atoms with E-state index in [1.807, 2.05) is 0 Å². The molecule has 3 aliphatic rings. The summed E-state index contributed by atoms with van der Waals surface area (Å²) in [5.74, 6) is -5.38. The van der Waals surface area contributed by atoms with Crippen molar-refractivity contribution in [2.24, 2.45) is 16.6 Å². The number of carbonyl (C=O) groups excluding carboxylic acids is 4. The van der Waals surface area contributed by atoms with Crippen LogP contribution in [-0.2, 0) is 25.6 Å². The Labute approximate surface area is 219 Å². The number of fused-ring (bicyclic) bond motifs is 3. The van der Waals surface area contributed by atoms with Crippen molar-refractivity contribution < 1.29 is 39.6 Å². The second-order valence-electron chi connectivity index (χ2n) is 11.1. The van der Waals surface area contributed by atoms with Crippen molar-refractivity contribution in [2.45, 2.75) is 51.7 Å². The highest BCUT2D eigenvalue weighted by molar-refractivity contribution is 6.25. The van der Waals surface area contributed by atoms with Gasteiger partial charge in [-0.15, -0.1) is 0 Å². The van der Waals surface area contributed by atoms with Crippen molar-refractivity contribution in [3.63, 3.8) is 0 Å². The maximum Gasteiger partial charge on any atom is 0.255 e. The molecule has 1 fully saturated rings. The van der Waals surface area contributed by atoms with Crippen molar-refractivity contribution in [1.82, 2.24) is 4.90 Å². The molecule has 1 amide bonds. The third kappa shape index (κ3) is 3.40. The maximum atomic E-state index is 14.2. The number of amides is 1. The van der Waals surface area contributed by atoms with Crippen molar-refractivity contribution >= 4 is 35.1 Å². The third-order valence-electron chi connectivity index (χ3n) is 8.35. The number of allylic oxidation sites excluding steroid dienone is 1. The van der Waals surface area contributed by atoms with Gasteiger partial charge in [0.1, 0.15) is 22.8 Å². The van der Waals surface area contributed by atoms with Gasteiger partial charge in [0, 0.05) is 22.8 Å². The zero-order valence-corrected chi connectivity index (χ0v) is 22.0. The molecule has 4 atom stereocenters. The van der Waals surface area contributed by atoms with Crippen molar-refractivity contribution in [3.8, 4) is 5.75 Å². The van der Waals surface area contributed by atoms with Gasteiger partial charge in [0.2, 0.25) is 5.78 Å². The Kier molecular flexibility index (Phi) is 6.20. The number of likely N-dealkylation sites (N-methyl/N-ethyl adjacent to an activating group) is 1. The van der Waals surface area contributed by atoms with E-state index in [-0.39, 0.29) is 35.5 Å². The number of nitrogens with two attached hydrogens (primary N) is 1. The van der Waals surface area contributed by atoms with E-state index in [4.69, 9.17) is 5.73 Å². The quantitative estimate of drug-likeness (QED) is 0.283. The number of hydrogen-bond acceptors (Lipinski definition) is 9. The number of phenols is 1. The Hall–Kier alpha value is -3.76. The van der Waals surface area contributed by atoms with E-state index in [1.165, 1.54) is 24.0 Å². The number of phenolic OH excluding ortho intramolecular Hbond substituents is 1. The number of nitrogens with zero attached hydrogens (tertiary/aromatic N) is 1. The Balaban J connectivity index is 2.04. The number of primary amides is 1. The number of hydrogen-bond donors (Lipinski definition) is 5. The molecular weight excluding hydrogens is 492 g/mol. The third-order valence-corrected chi connectivity index (χ3v) is 8.35. The molecule has 0 heterocycles. The number of carbonyl (C=O) groups is 4. The lowest BCUT2D eigenvalue weighted by Gasteiger charge is -2.59. The molecule has 4 rings (SSSR count). The number of aliphatic hydroxyl groups is 3. The van der Waals surface area contributed by atoms with Gasteiger partial charge in [0.15, 0.2) is 17.2 Å². The normalized spacial score (nSPS) is 31.0. The van der Waals surface area contributed by atoms with Gasteiger partial charge in [-0.3, -0.25) is 24.1 Å². The molecule has 0 radical (unpaired) electrons. The standard InChI is InChI=1S/C28H32N2O8/c1-6-14(31)9-7-13-8-10-16(32)17-15(13)11-26(2)12-27(3)22(30(4)5)21(34)18(25(29)37)23(35)28(27,38)24(36)19(26)20(17)33/h7-10,22,32-33,35,38H,6,11-12H2,1-5H3,(H2,29,37)/b9-7+/t22-,26+,27+,28-/m1/s1. The summed E-state index contributed by atoms with van der Waals surface area (Å²) in [6, 6.07) is 1.70. The van der Waals surface area contributed by atoms with Crippen LogP contribution in [0.25, 0.3) is 11.8 Å². The van der Waals surface area contributed by atoms with E-state index in [0.29, 0.717) is 17.5 Å². The van der Waals surface area contributed by atoms with Crippen LogP contribution in [0.4, 0.5) is 0 Å². The summed E-state index contributed by atoms with van der Waals surface area (Å²) < 4.78 is 0. The van der Waals surface area contributed by atoms with E-state index in [1.54, 1.807) is 40.1 Å². The average molecular weight is 525 g/mol. The summed E-state index contributed by atoms with van der Waals surface area (Å²) in [6.45, 7) is 4.90. The fourth-order valence-electron chi connectivity index (χ4n) is 6.80. The van der Waals surface area contributed by atoms with Crippen LogP contribution < -0.4 is 5.73 Å². The number of aromatic hydroxyl groups is 1. The largest absolute Gasteiger partial charge is 0.508 e. The summed E-state index contributed by atoms with van der Waals surface area (Å²) in [4.78, 5) is 53.1. The van der Waals surface area contributed by atoms with Gasteiger partial charge in [-0.1, -0.05) is 32.9 Å². The molecule has 3 aliphatic carbocycles. The molecule has 0 bridgehead atoms. The minimum Gasteiger partial charge on any atom is -0.508 e. The highest BCUT2D eigenvalue weighted by Crippen LogP contribution is 2.63. The predicted molar refractivity (Wildman–Crippen MR) is 138 cm³/mol. The summed E-state index contributed by atoms with van der Waals surface area (Å²) in [5.41, 5.74) is -0.301.